The van der Waals surface area contributed by atoms with Crippen molar-refractivity contribution in [1.82, 2.24) is 0 Å². The van der Waals surface area contributed by atoms with Crippen molar-refractivity contribution >= 4 is 23.2 Å². The molecule has 0 bridgehead atoms. The van der Waals surface area contributed by atoms with Gasteiger partial charge < -0.3 is 5.73 Å². The Morgan fingerprint density at radius 2 is 1.68 bits per heavy atom. The van der Waals surface area contributed by atoms with E-state index in [9.17, 15) is 8.78 Å². The summed E-state index contributed by atoms with van der Waals surface area (Å²) in [4.78, 5) is 0. The molecule has 19 heavy (non-hydrogen) atoms. The van der Waals surface area contributed by atoms with Gasteiger partial charge in [-0.15, -0.1) is 0 Å². The molecule has 0 saturated carbocycles. The van der Waals surface area contributed by atoms with Crippen LogP contribution in [0.15, 0.2) is 30.3 Å². The number of nitrogens with two attached hydrogens (primary N) is 1. The molecule has 0 amide bonds. The molecule has 100 valence electrons. The molecule has 2 aromatic rings. The van der Waals surface area contributed by atoms with Crippen LogP contribution in [0.2, 0.25) is 10.0 Å². The molecule has 2 N–H and O–H groups in total. The van der Waals surface area contributed by atoms with Crippen molar-refractivity contribution in [3.05, 3.63) is 68.7 Å². The summed E-state index contributed by atoms with van der Waals surface area (Å²) in [5.74, 6) is -1.99. The summed E-state index contributed by atoms with van der Waals surface area (Å²) >= 11 is 12.1. The minimum absolute atomic E-state index is 0.0731. The van der Waals surface area contributed by atoms with Gasteiger partial charge in [0.25, 0.3) is 0 Å². The largest absolute Gasteiger partial charge is 0.320 e. The van der Waals surface area contributed by atoms with Crippen LogP contribution in [0.3, 0.4) is 0 Å². The molecule has 0 aliphatic carbocycles. The molecule has 0 heterocycles. The summed E-state index contributed by atoms with van der Waals surface area (Å²) in [5.41, 5.74) is 7.82. The Bertz CT molecular complexity index is 629. The fourth-order valence-corrected chi connectivity index (χ4v) is 2.37. The van der Waals surface area contributed by atoms with E-state index in [4.69, 9.17) is 28.9 Å². The van der Waals surface area contributed by atoms with E-state index in [2.05, 4.69) is 0 Å². The molecular weight excluding hydrogens is 291 g/mol. The maximum Gasteiger partial charge on any atom is 0.160 e. The number of halogens is 4. The fraction of sp³-hybridized carbons (Fsp3) is 0.143. The second kappa shape index (κ2) is 5.45. The van der Waals surface area contributed by atoms with Crippen LogP contribution in [0.4, 0.5) is 8.78 Å². The first-order valence-electron chi connectivity index (χ1n) is 5.57. The van der Waals surface area contributed by atoms with Gasteiger partial charge in [0, 0.05) is 10.0 Å². The van der Waals surface area contributed by atoms with Gasteiger partial charge >= 0.3 is 0 Å². The molecular formula is C14H11Cl2F2N. The van der Waals surface area contributed by atoms with Crippen LogP contribution in [0, 0.1) is 18.6 Å². The summed E-state index contributed by atoms with van der Waals surface area (Å²) in [5, 5.41) is 0.569. The summed E-state index contributed by atoms with van der Waals surface area (Å²) in [6.45, 7) is 1.84. The lowest BCUT2D eigenvalue weighted by molar-refractivity contribution is 0.506. The van der Waals surface area contributed by atoms with Crippen LogP contribution in [0.25, 0.3) is 0 Å². The predicted octanol–water partition coefficient (Wildman–Crippen LogP) is 4.63. The van der Waals surface area contributed by atoms with Crippen LogP contribution < -0.4 is 5.73 Å². The van der Waals surface area contributed by atoms with E-state index in [0.717, 1.165) is 17.7 Å². The molecule has 1 nitrogen and oxygen atoms in total. The zero-order chi connectivity index (χ0) is 14.2. The van der Waals surface area contributed by atoms with Crippen molar-refractivity contribution in [2.75, 3.05) is 0 Å². The highest BCUT2D eigenvalue weighted by molar-refractivity contribution is 6.32. The monoisotopic (exact) mass is 301 g/mol. The quantitative estimate of drug-likeness (QED) is 0.804. The molecule has 0 radical (unpaired) electrons. The first kappa shape index (κ1) is 14.3. The maximum atomic E-state index is 13.3. The average Bonchev–Trinajstić information content (AvgIpc) is 2.36. The van der Waals surface area contributed by atoms with Crippen molar-refractivity contribution < 1.29 is 8.78 Å². The minimum Gasteiger partial charge on any atom is -0.320 e. The van der Waals surface area contributed by atoms with Gasteiger partial charge in [0.2, 0.25) is 0 Å². The summed E-state index contributed by atoms with van der Waals surface area (Å²) in [6, 6.07) is 6.57. The van der Waals surface area contributed by atoms with Crippen LogP contribution in [-0.2, 0) is 0 Å². The van der Waals surface area contributed by atoms with Gasteiger partial charge in [-0.3, -0.25) is 0 Å². The first-order valence-corrected chi connectivity index (χ1v) is 6.32. The summed E-state index contributed by atoms with van der Waals surface area (Å²) in [6.07, 6.45) is 0. The lowest BCUT2D eigenvalue weighted by atomic mass is 9.98. The Hall–Kier alpha value is -1.16. The first-order chi connectivity index (χ1) is 8.91. The summed E-state index contributed by atoms with van der Waals surface area (Å²) < 4.78 is 26.3. The zero-order valence-corrected chi connectivity index (χ0v) is 11.6. The molecule has 1 atom stereocenters. The third-order valence-electron chi connectivity index (χ3n) is 2.93. The Morgan fingerprint density at radius 3 is 2.37 bits per heavy atom. The van der Waals surface area contributed by atoms with Crippen molar-refractivity contribution in [1.29, 1.82) is 0 Å². The number of hydrogen-bond donors (Lipinski definition) is 1. The van der Waals surface area contributed by atoms with Crippen LogP contribution in [-0.4, -0.2) is 0 Å². The van der Waals surface area contributed by atoms with Crippen molar-refractivity contribution in [2.45, 2.75) is 13.0 Å². The van der Waals surface area contributed by atoms with E-state index in [1.54, 1.807) is 12.1 Å². The average molecular weight is 302 g/mol. The Balaban J connectivity index is 2.53. The van der Waals surface area contributed by atoms with Crippen LogP contribution in [0.5, 0.6) is 0 Å². The molecule has 0 aliphatic rings. The Morgan fingerprint density at radius 1 is 1.05 bits per heavy atom. The van der Waals surface area contributed by atoms with E-state index in [0.29, 0.717) is 16.1 Å². The topological polar surface area (TPSA) is 26.0 Å². The van der Waals surface area contributed by atoms with Gasteiger partial charge in [0.1, 0.15) is 0 Å². The number of aryl methyl sites for hydroxylation is 1. The van der Waals surface area contributed by atoms with Gasteiger partial charge in [0.15, 0.2) is 11.6 Å². The highest BCUT2D eigenvalue weighted by atomic mass is 35.5. The molecule has 1 unspecified atom stereocenters. The molecule has 5 heteroatoms. The SMILES string of the molecule is Cc1cccc(C(N)c2cc(F)c(F)cc2Cl)c1Cl. The molecule has 0 saturated heterocycles. The summed E-state index contributed by atoms with van der Waals surface area (Å²) in [7, 11) is 0. The number of benzene rings is 2. The van der Waals surface area contributed by atoms with Gasteiger partial charge in [0.05, 0.1) is 6.04 Å². The highest BCUT2D eigenvalue weighted by Gasteiger charge is 2.18. The normalized spacial score (nSPS) is 12.5. The number of rotatable bonds is 2. The van der Waals surface area contributed by atoms with Gasteiger partial charge in [-0.25, -0.2) is 8.78 Å². The third kappa shape index (κ3) is 2.73. The Labute approximate surface area is 119 Å². The molecule has 0 spiro atoms. The van der Waals surface area contributed by atoms with E-state index < -0.39 is 17.7 Å². The minimum atomic E-state index is -1.00. The van der Waals surface area contributed by atoms with Crippen molar-refractivity contribution in [3.8, 4) is 0 Å². The molecule has 2 aromatic carbocycles. The zero-order valence-electron chi connectivity index (χ0n) is 10.1. The van der Waals surface area contributed by atoms with E-state index in [1.165, 1.54) is 0 Å². The van der Waals surface area contributed by atoms with E-state index >= 15 is 0 Å². The lowest BCUT2D eigenvalue weighted by Crippen LogP contribution is -2.14. The number of hydrogen-bond acceptors (Lipinski definition) is 1. The highest BCUT2D eigenvalue weighted by Crippen LogP contribution is 2.33. The van der Waals surface area contributed by atoms with Gasteiger partial charge in [-0.2, -0.15) is 0 Å². The fourth-order valence-electron chi connectivity index (χ4n) is 1.85. The van der Waals surface area contributed by atoms with Crippen LogP contribution >= 0.6 is 23.2 Å². The lowest BCUT2D eigenvalue weighted by Gasteiger charge is -2.17. The van der Waals surface area contributed by atoms with Gasteiger partial charge in [-0.1, -0.05) is 41.4 Å². The molecule has 2 rings (SSSR count). The standard InChI is InChI=1S/C14H11Cl2F2N/c1-7-3-2-4-8(13(7)16)14(19)9-5-11(17)12(18)6-10(9)15/h2-6,14H,19H2,1H3. The van der Waals surface area contributed by atoms with Crippen LogP contribution in [0.1, 0.15) is 22.7 Å². The van der Waals surface area contributed by atoms with E-state index in [-0.39, 0.29) is 5.02 Å². The second-order valence-corrected chi connectivity index (χ2v) is 5.03. The van der Waals surface area contributed by atoms with E-state index in [1.807, 2.05) is 13.0 Å². The maximum absolute atomic E-state index is 13.3. The van der Waals surface area contributed by atoms with Crippen molar-refractivity contribution in [2.24, 2.45) is 5.73 Å². The second-order valence-electron chi connectivity index (χ2n) is 4.24. The third-order valence-corrected chi connectivity index (χ3v) is 3.78. The van der Waals surface area contributed by atoms with Crippen molar-refractivity contribution in [3.63, 3.8) is 0 Å². The molecule has 0 aromatic heterocycles. The smallest absolute Gasteiger partial charge is 0.160 e. The predicted molar refractivity (Wildman–Crippen MR) is 73.6 cm³/mol. The Kier molecular flexibility index (Phi) is 4.09. The molecule has 0 aliphatic heterocycles. The molecule has 0 fully saturated rings. The van der Waals surface area contributed by atoms with Gasteiger partial charge in [-0.05, 0) is 35.7 Å².